The summed E-state index contributed by atoms with van der Waals surface area (Å²) in [5.41, 5.74) is 2.01. The molecule has 0 unspecified atom stereocenters. The van der Waals surface area contributed by atoms with Gasteiger partial charge in [0.25, 0.3) is 0 Å². The molecule has 0 heterocycles. The van der Waals surface area contributed by atoms with Gasteiger partial charge in [-0.2, -0.15) is 0 Å². The first-order valence-electron chi connectivity index (χ1n) is 13.8. The molecule has 7 nitrogen and oxygen atoms in total. The molecule has 0 bridgehead atoms. The quantitative estimate of drug-likeness (QED) is 0.218. The van der Waals surface area contributed by atoms with Gasteiger partial charge in [-0.3, -0.25) is 0 Å². The maximum atomic E-state index is 13.0. The molecule has 7 heteroatoms. The van der Waals surface area contributed by atoms with Crippen LogP contribution in [0.3, 0.4) is 0 Å². The number of ether oxygens (including phenoxy) is 2. The van der Waals surface area contributed by atoms with Crippen molar-refractivity contribution in [2.75, 3.05) is 0 Å². The number of hydrogen-bond donors (Lipinski definition) is 3. The van der Waals surface area contributed by atoms with Crippen LogP contribution in [0.4, 0.5) is 9.59 Å². The van der Waals surface area contributed by atoms with E-state index in [2.05, 4.69) is 10.6 Å². The van der Waals surface area contributed by atoms with Crippen LogP contribution in [0.15, 0.2) is 103 Å². The third-order valence-corrected chi connectivity index (χ3v) is 6.66. The first kappa shape index (κ1) is 29.6. The second-order valence-corrected chi connectivity index (χ2v) is 11.1. The normalized spacial score (nSPS) is 13.6. The Bertz CT molecular complexity index is 1410. The van der Waals surface area contributed by atoms with Gasteiger partial charge >= 0.3 is 12.2 Å². The number of hydrogen-bond acceptors (Lipinski definition) is 5. The summed E-state index contributed by atoms with van der Waals surface area (Å²) in [6.45, 7) is 5.43. The zero-order valence-electron chi connectivity index (χ0n) is 23.7. The third-order valence-electron chi connectivity index (χ3n) is 6.66. The van der Waals surface area contributed by atoms with Gasteiger partial charge in [-0.25, -0.2) is 9.59 Å². The van der Waals surface area contributed by atoms with Crippen LogP contribution >= 0.6 is 0 Å². The maximum Gasteiger partial charge on any atom is 0.407 e. The molecule has 2 amide bonds. The predicted molar refractivity (Wildman–Crippen MR) is 161 cm³/mol. The molecule has 3 atom stereocenters. The van der Waals surface area contributed by atoms with E-state index in [4.69, 9.17) is 9.47 Å². The summed E-state index contributed by atoms with van der Waals surface area (Å²) < 4.78 is 11.0. The Morgan fingerprint density at radius 1 is 0.707 bits per heavy atom. The Kier molecular flexibility index (Phi) is 9.98. The lowest BCUT2D eigenvalue weighted by Crippen LogP contribution is -2.56. The van der Waals surface area contributed by atoms with E-state index in [1.165, 1.54) is 0 Å². The van der Waals surface area contributed by atoms with Crippen LogP contribution in [0.1, 0.15) is 37.5 Å². The minimum Gasteiger partial charge on any atom is -0.445 e. The third kappa shape index (κ3) is 9.08. The minimum absolute atomic E-state index is 0.0906. The number of carbonyl (C=O) groups is 2. The Hall–Kier alpha value is -4.36. The van der Waals surface area contributed by atoms with Crippen molar-refractivity contribution in [2.45, 2.75) is 64.0 Å². The molecule has 4 aromatic carbocycles. The fraction of sp³-hybridized carbons (Fsp3) is 0.294. The molecule has 0 radical (unpaired) electrons. The van der Waals surface area contributed by atoms with Crippen molar-refractivity contribution in [1.82, 2.24) is 10.6 Å². The zero-order chi connectivity index (χ0) is 29.2. The number of carbonyl (C=O) groups excluding carboxylic acids is 2. The largest absolute Gasteiger partial charge is 0.445 e. The van der Waals surface area contributed by atoms with Crippen LogP contribution in [-0.2, 0) is 28.9 Å². The van der Waals surface area contributed by atoms with E-state index in [1.54, 1.807) is 20.8 Å². The highest BCUT2D eigenvalue weighted by molar-refractivity contribution is 5.85. The molecule has 0 aliphatic rings. The number of alkyl carbamates (subject to hydrolysis) is 2. The standard InChI is InChI=1S/C34H38N2O5/c1-34(2,3)41-33(39)36-29(21-24-13-6-4-7-14-24)31(37)30(35-32(38)40-23-25-15-8-5-9-16-25)22-27-19-12-18-26-17-10-11-20-28(26)27/h4-20,29-31,37H,21-23H2,1-3H3,(H,35,38)(H,36,39)/t29-,30-,31+/m1/s1. The summed E-state index contributed by atoms with van der Waals surface area (Å²) in [5.74, 6) is 0. The Morgan fingerprint density at radius 2 is 1.27 bits per heavy atom. The van der Waals surface area contributed by atoms with Crippen LogP contribution in [0.5, 0.6) is 0 Å². The van der Waals surface area contributed by atoms with Crippen molar-refractivity contribution in [3.8, 4) is 0 Å². The molecule has 0 aliphatic carbocycles. The molecule has 4 aromatic rings. The molecule has 3 N–H and O–H groups in total. The summed E-state index contributed by atoms with van der Waals surface area (Å²) in [5, 5.41) is 19.6. The lowest BCUT2D eigenvalue weighted by Gasteiger charge is -2.32. The molecule has 4 rings (SSSR count). The highest BCUT2D eigenvalue weighted by Crippen LogP contribution is 2.22. The van der Waals surface area contributed by atoms with E-state index < -0.39 is 36.0 Å². The highest BCUT2D eigenvalue weighted by Gasteiger charge is 2.32. The summed E-state index contributed by atoms with van der Waals surface area (Å²) >= 11 is 0. The monoisotopic (exact) mass is 554 g/mol. The van der Waals surface area contributed by atoms with Crippen molar-refractivity contribution >= 4 is 23.0 Å². The van der Waals surface area contributed by atoms with E-state index in [0.29, 0.717) is 12.8 Å². The number of aliphatic hydroxyl groups excluding tert-OH is 1. The van der Waals surface area contributed by atoms with Crippen molar-refractivity contribution in [3.05, 3.63) is 120 Å². The van der Waals surface area contributed by atoms with Crippen molar-refractivity contribution < 1.29 is 24.2 Å². The summed E-state index contributed by atoms with van der Waals surface area (Å²) in [7, 11) is 0. The molecule has 0 saturated heterocycles. The number of fused-ring (bicyclic) bond motifs is 1. The second kappa shape index (κ2) is 13.8. The SMILES string of the molecule is CC(C)(C)OC(=O)N[C@H](Cc1ccccc1)[C@H](O)[C@@H](Cc1cccc2ccccc12)NC(=O)OCc1ccccc1. The molecule has 214 valence electrons. The van der Waals surface area contributed by atoms with Crippen molar-refractivity contribution in [1.29, 1.82) is 0 Å². The first-order valence-corrected chi connectivity index (χ1v) is 13.8. The smallest absolute Gasteiger partial charge is 0.407 e. The Labute approximate surface area is 241 Å². The molecule has 0 fully saturated rings. The summed E-state index contributed by atoms with van der Waals surface area (Å²) in [6, 6.07) is 31.3. The van der Waals surface area contributed by atoms with Gasteiger partial charge in [0.2, 0.25) is 0 Å². The van der Waals surface area contributed by atoms with Gasteiger partial charge in [-0.1, -0.05) is 103 Å². The molecule has 0 spiro atoms. The molecule has 0 aromatic heterocycles. The number of aliphatic hydroxyl groups is 1. The summed E-state index contributed by atoms with van der Waals surface area (Å²) in [4.78, 5) is 25.9. The molecular weight excluding hydrogens is 516 g/mol. The average Bonchev–Trinajstić information content (AvgIpc) is 2.95. The molecule has 0 aliphatic heterocycles. The van der Waals surface area contributed by atoms with E-state index in [1.807, 2.05) is 103 Å². The predicted octanol–water partition coefficient (Wildman–Crippen LogP) is 6.17. The number of amides is 2. The topological polar surface area (TPSA) is 96.9 Å². The van der Waals surface area contributed by atoms with Crippen LogP contribution in [0.2, 0.25) is 0 Å². The Balaban J connectivity index is 1.61. The van der Waals surface area contributed by atoms with Gasteiger partial charge in [-0.05, 0) is 61.1 Å². The highest BCUT2D eigenvalue weighted by atomic mass is 16.6. The van der Waals surface area contributed by atoms with Gasteiger partial charge in [0, 0.05) is 0 Å². The van der Waals surface area contributed by atoms with E-state index in [-0.39, 0.29) is 6.61 Å². The van der Waals surface area contributed by atoms with Gasteiger partial charge in [0.15, 0.2) is 0 Å². The molecular formula is C34H38N2O5. The molecule has 41 heavy (non-hydrogen) atoms. The van der Waals surface area contributed by atoms with Crippen LogP contribution < -0.4 is 10.6 Å². The number of benzene rings is 4. The van der Waals surface area contributed by atoms with Crippen molar-refractivity contribution in [3.63, 3.8) is 0 Å². The van der Waals surface area contributed by atoms with Crippen LogP contribution in [0.25, 0.3) is 10.8 Å². The summed E-state index contributed by atoms with van der Waals surface area (Å²) in [6.07, 6.45) is -1.84. The maximum absolute atomic E-state index is 13.0. The fourth-order valence-corrected chi connectivity index (χ4v) is 4.75. The first-order chi connectivity index (χ1) is 19.7. The van der Waals surface area contributed by atoms with Crippen LogP contribution in [0, 0.1) is 0 Å². The molecule has 0 saturated carbocycles. The van der Waals surface area contributed by atoms with Gasteiger partial charge in [0.05, 0.1) is 18.2 Å². The second-order valence-electron chi connectivity index (χ2n) is 11.1. The number of rotatable bonds is 10. The van der Waals surface area contributed by atoms with E-state index >= 15 is 0 Å². The van der Waals surface area contributed by atoms with Gasteiger partial charge < -0.3 is 25.2 Å². The van der Waals surface area contributed by atoms with E-state index in [9.17, 15) is 14.7 Å². The average molecular weight is 555 g/mol. The van der Waals surface area contributed by atoms with Crippen LogP contribution in [-0.4, -0.2) is 41.1 Å². The van der Waals surface area contributed by atoms with Gasteiger partial charge in [0.1, 0.15) is 12.2 Å². The lowest BCUT2D eigenvalue weighted by molar-refractivity contribution is 0.0363. The van der Waals surface area contributed by atoms with E-state index in [0.717, 1.165) is 27.5 Å². The van der Waals surface area contributed by atoms with Gasteiger partial charge in [-0.15, -0.1) is 0 Å². The van der Waals surface area contributed by atoms with Crippen molar-refractivity contribution in [2.24, 2.45) is 0 Å². The minimum atomic E-state index is -1.18. The Morgan fingerprint density at radius 3 is 1.95 bits per heavy atom. The lowest BCUT2D eigenvalue weighted by atomic mass is 9.91. The fourth-order valence-electron chi connectivity index (χ4n) is 4.75. The zero-order valence-corrected chi connectivity index (χ0v) is 23.7. The number of nitrogens with one attached hydrogen (secondary N) is 2.